The number of ether oxygens (including phenoxy) is 4. The minimum Gasteiger partial charge on any atom is -0.426 e. The van der Waals surface area contributed by atoms with E-state index in [0.717, 1.165) is 56.6 Å². The third-order valence-corrected chi connectivity index (χ3v) is 9.52. The first-order chi connectivity index (χ1) is 25.2. The molecule has 0 aromatic heterocycles. The van der Waals surface area contributed by atoms with Crippen molar-refractivity contribution in [3.8, 4) is 35.2 Å². The molecule has 0 fully saturated rings. The van der Waals surface area contributed by atoms with Crippen LogP contribution in [0.2, 0.25) is 0 Å². The van der Waals surface area contributed by atoms with Gasteiger partial charge < -0.3 is 18.9 Å². The smallest absolute Gasteiger partial charge is 0.308 e. The molecule has 0 spiro atoms. The van der Waals surface area contributed by atoms with Crippen LogP contribution in [0.5, 0.6) is 23.0 Å². The van der Waals surface area contributed by atoms with E-state index in [-0.39, 0.29) is 0 Å². The molecule has 0 heterocycles. The first-order valence-corrected chi connectivity index (χ1v) is 18.9. The van der Waals surface area contributed by atoms with E-state index in [1.165, 1.54) is 25.0 Å². The van der Waals surface area contributed by atoms with Crippen LogP contribution >= 0.6 is 0 Å². The first kappa shape index (κ1) is 41.7. The normalized spacial score (nSPS) is 12.6. The van der Waals surface area contributed by atoms with Crippen LogP contribution in [0, 0.1) is 37.9 Å². The van der Waals surface area contributed by atoms with Crippen molar-refractivity contribution in [3.05, 3.63) is 94.1 Å². The van der Waals surface area contributed by atoms with Gasteiger partial charge in [-0.25, -0.2) is 0 Å². The summed E-state index contributed by atoms with van der Waals surface area (Å²) in [5, 5.41) is 3.04. The lowest BCUT2D eigenvalue weighted by atomic mass is 9.77. The predicted octanol–water partition coefficient (Wildman–Crippen LogP) is 12.4. The van der Waals surface area contributed by atoms with Gasteiger partial charge in [0.1, 0.15) is 11.5 Å². The highest BCUT2D eigenvalue weighted by Gasteiger charge is 2.32. The fourth-order valence-electron chi connectivity index (χ4n) is 8.24. The molecule has 0 atom stereocenters. The van der Waals surface area contributed by atoms with Crippen LogP contribution in [-0.2, 0) is 20.4 Å². The van der Waals surface area contributed by atoms with Gasteiger partial charge in [-0.2, -0.15) is 0 Å². The lowest BCUT2D eigenvalue weighted by Crippen LogP contribution is -2.20. The molecule has 0 aliphatic rings. The minimum absolute atomic E-state index is 0.392. The molecule has 286 valence electrons. The zero-order chi connectivity index (χ0) is 40.1. The van der Waals surface area contributed by atoms with Crippen molar-refractivity contribution < 1.29 is 28.5 Å². The Labute approximate surface area is 322 Å². The average molecular weight is 731 g/mol. The third-order valence-electron chi connectivity index (χ3n) is 9.52. The predicted molar refractivity (Wildman–Crippen MR) is 221 cm³/mol. The summed E-state index contributed by atoms with van der Waals surface area (Å²) in [6, 6.07) is 15.5. The second-order valence-corrected chi connectivity index (χ2v) is 16.6. The number of carbonyl (C=O) groups excluding carboxylic acids is 2. The Morgan fingerprint density at radius 3 is 1.15 bits per heavy atom. The third kappa shape index (κ3) is 9.55. The van der Waals surface area contributed by atoms with Crippen LogP contribution in [0.15, 0.2) is 71.8 Å². The maximum absolute atomic E-state index is 12.5. The number of benzene rings is 4. The topological polar surface area (TPSA) is 71.1 Å². The van der Waals surface area contributed by atoms with E-state index in [4.69, 9.17) is 18.9 Å². The SMILES string of the molecule is CC(=O)Oc1c(C(C)(C)/C=C(\C)CC(C)C)c(C)c(OC#COc2c(C)c(C(C)(C)/C=C(\C)CC(C)C)c(OC(C)=O)c3ccccc23)c2ccccc12. The maximum atomic E-state index is 12.5. The Hall–Kier alpha value is -5.02. The zero-order valence-electron chi connectivity index (χ0n) is 34.8. The number of hydrogen-bond acceptors (Lipinski definition) is 6. The average Bonchev–Trinajstić information content (AvgIpc) is 3.03. The van der Waals surface area contributed by atoms with E-state index in [0.29, 0.717) is 34.8 Å². The van der Waals surface area contributed by atoms with Crippen molar-refractivity contribution in [1.82, 2.24) is 0 Å². The van der Waals surface area contributed by atoms with Crippen molar-refractivity contribution in [3.63, 3.8) is 0 Å². The largest absolute Gasteiger partial charge is 0.426 e. The van der Waals surface area contributed by atoms with E-state index >= 15 is 0 Å². The number of fused-ring (bicyclic) bond motifs is 2. The van der Waals surface area contributed by atoms with E-state index < -0.39 is 22.8 Å². The number of rotatable bonds is 12. The Kier molecular flexibility index (Phi) is 13.1. The molecular weight excluding hydrogens is 673 g/mol. The molecule has 0 bridgehead atoms. The molecular formula is C48H58O6. The van der Waals surface area contributed by atoms with E-state index in [1.807, 2.05) is 62.4 Å². The molecule has 0 aliphatic heterocycles. The lowest BCUT2D eigenvalue weighted by Gasteiger charge is -2.29. The number of hydrogen-bond donors (Lipinski definition) is 0. The van der Waals surface area contributed by atoms with Crippen LogP contribution in [0.25, 0.3) is 21.5 Å². The Morgan fingerprint density at radius 2 is 0.870 bits per heavy atom. The lowest BCUT2D eigenvalue weighted by molar-refractivity contribution is -0.132. The van der Waals surface area contributed by atoms with Gasteiger partial charge in [-0.1, -0.05) is 127 Å². The summed E-state index contributed by atoms with van der Waals surface area (Å²) in [6.45, 7) is 28.4. The highest BCUT2D eigenvalue weighted by atomic mass is 16.5. The summed E-state index contributed by atoms with van der Waals surface area (Å²) in [4.78, 5) is 25.0. The number of carbonyl (C=O) groups is 2. The first-order valence-electron chi connectivity index (χ1n) is 18.9. The van der Waals surface area contributed by atoms with E-state index in [1.54, 1.807) is 0 Å². The van der Waals surface area contributed by atoms with Gasteiger partial charge in [0, 0.05) is 68.5 Å². The summed E-state index contributed by atoms with van der Waals surface area (Å²) in [5.74, 6) is 2.40. The summed E-state index contributed by atoms with van der Waals surface area (Å²) < 4.78 is 24.6. The number of allylic oxidation sites excluding steroid dienone is 4. The summed E-state index contributed by atoms with van der Waals surface area (Å²) in [7, 11) is 0. The van der Waals surface area contributed by atoms with Gasteiger partial charge in [0.15, 0.2) is 23.7 Å². The highest BCUT2D eigenvalue weighted by Crippen LogP contribution is 2.48. The zero-order valence-corrected chi connectivity index (χ0v) is 34.8. The molecule has 0 radical (unpaired) electrons. The van der Waals surface area contributed by atoms with Gasteiger partial charge in [-0.15, -0.1) is 0 Å². The van der Waals surface area contributed by atoms with Gasteiger partial charge >= 0.3 is 11.9 Å². The van der Waals surface area contributed by atoms with Crippen LogP contribution in [0.1, 0.15) is 118 Å². The van der Waals surface area contributed by atoms with Crippen molar-refractivity contribution >= 4 is 33.5 Å². The van der Waals surface area contributed by atoms with Crippen LogP contribution in [0.3, 0.4) is 0 Å². The molecule has 0 unspecified atom stereocenters. The molecule has 4 aromatic carbocycles. The Morgan fingerprint density at radius 1 is 0.574 bits per heavy atom. The monoisotopic (exact) mass is 730 g/mol. The molecule has 4 aromatic rings. The van der Waals surface area contributed by atoms with Gasteiger partial charge in [-0.05, 0) is 52.4 Å². The summed E-state index contributed by atoms with van der Waals surface area (Å²) in [6.07, 6.45) is 12.1. The summed E-state index contributed by atoms with van der Waals surface area (Å²) in [5.41, 5.74) is 4.83. The molecule has 0 aliphatic carbocycles. The van der Waals surface area contributed by atoms with Gasteiger partial charge in [0.05, 0.1) is 0 Å². The highest BCUT2D eigenvalue weighted by molar-refractivity contribution is 5.99. The van der Waals surface area contributed by atoms with Crippen LogP contribution in [0.4, 0.5) is 0 Å². The quantitative estimate of drug-likeness (QED) is 0.0625. The van der Waals surface area contributed by atoms with E-state index in [9.17, 15) is 9.59 Å². The molecule has 6 heteroatoms. The maximum Gasteiger partial charge on any atom is 0.308 e. The van der Waals surface area contributed by atoms with Crippen molar-refractivity contribution in [1.29, 1.82) is 0 Å². The fourth-order valence-corrected chi connectivity index (χ4v) is 8.24. The Bertz CT molecular complexity index is 2030. The van der Waals surface area contributed by atoms with Crippen molar-refractivity contribution in [2.24, 2.45) is 11.8 Å². The summed E-state index contributed by atoms with van der Waals surface area (Å²) >= 11 is 0. The van der Waals surface area contributed by atoms with E-state index in [2.05, 4.69) is 93.6 Å². The Balaban J connectivity index is 1.90. The number of esters is 2. The second-order valence-electron chi connectivity index (χ2n) is 16.6. The molecule has 0 N–H and O–H groups in total. The standard InChI is InChI=1S/C48H58O6/c1-29(2)25-31(5)27-47(11,12)41-33(7)43(37-19-15-17-21-39(37)45(41)53-35(9)49)51-23-24-52-44-34(8)42(48(13,14)28-32(6)26-30(3)4)46(54-36(10)50)40-22-18-16-20-38(40)44/h15-22,27-30H,25-26H2,1-14H3/b31-27+,32-28+. The van der Waals surface area contributed by atoms with Crippen molar-refractivity contribution in [2.75, 3.05) is 0 Å². The molecule has 0 saturated heterocycles. The van der Waals surface area contributed by atoms with Gasteiger partial charge in [0.2, 0.25) is 0 Å². The minimum atomic E-state index is -0.509. The second kappa shape index (κ2) is 17.0. The molecule has 0 saturated carbocycles. The van der Waals surface area contributed by atoms with Gasteiger partial charge in [0.25, 0.3) is 0 Å². The van der Waals surface area contributed by atoms with Crippen LogP contribution in [-0.4, -0.2) is 11.9 Å². The molecule has 54 heavy (non-hydrogen) atoms. The van der Waals surface area contributed by atoms with Crippen molar-refractivity contribution in [2.45, 2.75) is 121 Å². The molecule has 4 rings (SSSR count). The molecule has 6 nitrogen and oxygen atoms in total. The fraction of sp³-hybridized carbons (Fsp3) is 0.417. The molecule has 0 amide bonds. The van der Waals surface area contributed by atoms with Crippen LogP contribution < -0.4 is 18.9 Å². The van der Waals surface area contributed by atoms with Gasteiger partial charge in [-0.3, -0.25) is 9.59 Å².